The minimum atomic E-state index is -1.39. The van der Waals surface area contributed by atoms with Crippen LogP contribution in [-0.2, 0) is 16.0 Å². The van der Waals surface area contributed by atoms with Gasteiger partial charge in [0.05, 0.1) is 30.4 Å². The lowest BCUT2D eigenvalue weighted by atomic mass is 9.91. The topological polar surface area (TPSA) is 108 Å². The van der Waals surface area contributed by atoms with Gasteiger partial charge in [-0.25, -0.2) is 4.79 Å². The van der Waals surface area contributed by atoms with Gasteiger partial charge in [0.2, 0.25) is 0 Å². The number of quaternary nitrogens is 1. The molecule has 0 aliphatic heterocycles. The number of alkyl carbamates (subject to hydrolysis) is 1. The first-order chi connectivity index (χ1) is 14.7. The highest BCUT2D eigenvalue weighted by Crippen LogP contribution is 2.18. The largest absolute Gasteiger partial charge is 0.548 e. The maximum Gasteiger partial charge on any atom is 0.408 e. The first-order valence-corrected chi connectivity index (χ1v) is 11.8. The number of hydrogen-bond donors (Lipinski definition) is 2. The number of furan rings is 1. The van der Waals surface area contributed by atoms with Crippen LogP contribution in [0.1, 0.15) is 90.7 Å². The number of amides is 1. The molecular formula is C24H40N2O5. The zero-order valence-corrected chi connectivity index (χ0v) is 19.4. The molecule has 7 heteroatoms. The number of aliphatic carboxylic acids is 1. The summed E-state index contributed by atoms with van der Waals surface area (Å²) >= 11 is 0. The van der Waals surface area contributed by atoms with Crippen molar-refractivity contribution >= 4 is 12.1 Å². The molecule has 0 spiro atoms. The average molecular weight is 437 g/mol. The highest BCUT2D eigenvalue weighted by Gasteiger charge is 2.23. The van der Waals surface area contributed by atoms with Crippen LogP contribution in [0.5, 0.6) is 0 Å². The Hall–Kier alpha value is -2.02. The van der Waals surface area contributed by atoms with Crippen molar-refractivity contribution in [2.75, 3.05) is 0 Å². The van der Waals surface area contributed by atoms with Gasteiger partial charge in [-0.15, -0.1) is 0 Å². The fraction of sp³-hybridized carbons (Fsp3) is 0.750. The number of carboxylic acid groups (broad SMARTS) is 1. The number of hydrogen-bond acceptors (Lipinski definition) is 5. The summed E-state index contributed by atoms with van der Waals surface area (Å²) in [5.41, 5.74) is -0.689. The van der Waals surface area contributed by atoms with Gasteiger partial charge in [-0.05, 0) is 84.3 Å². The van der Waals surface area contributed by atoms with E-state index >= 15 is 0 Å². The molecule has 7 nitrogen and oxygen atoms in total. The Morgan fingerprint density at radius 3 is 2.06 bits per heavy atom. The number of rotatable bonds is 6. The highest BCUT2D eigenvalue weighted by atomic mass is 16.6. The van der Waals surface area contributed by atoms with Crippen molar-refractivity contribution < 1.29 is 29.2 Å². The first-order valence-electron chi connectivity index (χ1n) is 11.8. The van der Waals surface area contributed by atoms with Crippen molar-refractivity contribution in [3.05, 3.63) is 24.2 Å². The predicted molar refractivity (Wildman–Crippen MR) is 116 cm³/mol. The second-order valence-corrected chi connectivity index (χ2v) is 9.79. The van der Waals surface area contributed by atoms with E-state index in [4.69, 9.17) is 9.15 Å². The molecule has 2 aliphatic rings. The van der Waals surface area contributed by atoms with E-state index in [2.05, 4.69) is 10.6 Å². The second-order valence-electron chi connectivity index (χ2n) is 9.79. The third-order valence-electron chi connectivity index (χ3n) is 5.80. The number of carbonyl (C=O) groups is 2. The summed E-state index contributed by atoms with van der Waals surface area (Å²) in [6.45, 7) is 5.06. The number of carbonyl (C=O) groups excluding carboxylic acids is 2. The van der Waals surface area contributed by atoms with Crippen molar-refractivity contribution in [2.45, 2.75) is 115 Å². The van der Waals surface area contributed by atoms with Crippen LogP contribution in [0.4, 0.5) is 4.79 Å². The fourth-order valence-electron chi connectivity index (χ4n) is 4.31. The summed E-state index contributed by atoms with van der Waals surface area (Å²) in [5.74, 6) is -0.947. The monoisotopic (exact) mass is 436 g/mol. The number of nitrogens with one attached hydrogen (secondary N) is 1. The molecule has 2 fully saturated rings. The van der Waals surface area contributed by atoms with Crippen LogP contribution in [0, 0.1) is 0 Å². The van der Waals surface area contributed by atoms with Crippen molar-refractivity contribution in [2.24, 2.45) is 0 Å². The average Bonchev–Trinajstić information content (AvgIpc) is 3.21. The molecule has 1 aromatic heterocycles. The number of ether oxygens (including phenoxy) is 1. The Kier molecular flexibility index (Phi) is 10.4. The van der Waals surface area contributed by atoms with Crippen LogP contribution in [0.2, 0.25) is 0 Å². The standard InChI is InChI=1S/C12H17NO5.C12H23N/c1-12(2,3)18-11(16)13-9(10(14)15)7-8-5-4-6-17-8;1-3-7-11(8-4-1)13-12-9-5-2-6-10-12/h4-6,9H,7H2,1-3H3,(H,13,16)(H,14,15);11-13H,1-10H2. The maximum absolute atomic E-state index is 11.4. The molecule has 2 aliphatic carbocycles. The summed E-state index contributed by atoms with van der Waals surface area (Å²) < 4.78 is 9.98. The molecule has 1 unspecified atom stereocenters. The molecule has 0 radical (unpaired) electrons. The maximum atomic E-state index is 11.4. The van der Waals surface area contributed by atoms with Gasteiger partial charge >= 0.3 is 6.09 Å². The molecule has 1 atom stereocenters. The van der Waals surface area contributed by atoms with Crippen molar-refractivity contribution in [3.63, 3.8) is 0 Å². The molecule has 31 heavy (non-hydrogen) atoms. The van der Waals surface area contributed by atoms with E-state index in [1.165, 1.54) is 70.5 Å². The zero-order valence-electron chi connectivity index (χ0n) is 19.4. The number of carboxylic acids is 1. The molecule has 1 amide bonds. The Balaban J connectivity index is 0.000000231. The summed E-state index contributed by atoms with van der Waals surface area (Å²) in [6.07, 6.45) is 15.6. The lowest BCUT2D eigenvalue weighted by molar-refractivity contribution is -0.725. The van der Waals surface area contributed by atoms with Crippen LogP contribution < -0.4 is 15.7 Å². The summed E-state index contributed by atoms with van der Waals surface area (Å²) in [4.78, 5) is 22.4. The van der Waals surface area contributed by atoms with E-state index in [0.717, 1.165) is 12.1 Å². The van der Waals surface area contributed by atoms with Crippen molar-refractivity contribution in [1.29, 1.82) is 0 Å². The van der Waals surface area contributed by atoms with Gasteiger partial charge in [0.1, 0.15) is 11.4 Å². The lowest BCUT2D eigenvalue weighted by Crippen LogP contribution is -2.95. The fourth-order valence-corrected chi connectivity index (χ4v) is 4.31. The van der Waals surface area contributed by atoms with E-state index in [9.17, 15) is 14.7 Å². The van der Waals surface area contributed by atoms with Gasteiger partial charge in [-0.3, -0.25) is 0 Å². The minimum Gasteiger partial charge on any atom is -0.548 e. The van der Waals surface area contributed by atoms with Crippen LogP contribution in [0.15, 0.2) is 22.8 Å². The molecule has 0 saturated heterocycles. The molecular weight excluding hydrogens is 396 g/mol. The van der Waals surface area contributed by atoms with Crippen LogP contribution in [0.25, 0.3) is 0 Å². The normalized spacial score (nSPS) is 19.1. The molecule has 1 aromatic rings. The van der Waals surface area contributed by atoms with Crippen molar-refractivity contribution in [3.8, 4) is 0 Å². The minimum absolute atomic E-state index is 0.00851. The molecule has 0 bridgehead atoms. The van der Waals surface area contributed by atoms with Crippen LogP contribution in [0.3, 0.4) is 0 Å². The SMILES string of the molecule is C1CCC([NH2+]C2CCCCC2)CC1.CC(C)(C)OC(=O)NC(Cc1ccco1)C(=O)[O-]. The molecule has 0 aromatic carbocycles. The van der Waals surface area contributed by atoms with E-state index in [-0.39, 0.29) is 6.42 Å². The Morgan fingerprint density at radius 2 is 1.65 bits per heavy atom. The summed E-state index contributed by atoms with van der Waals surface area (Å²) in [7, 11) is 0. The van der Waals surface area contributed by atoms with Gasteiger partial charge in [0.25, 0.3) is 0 Å². The van der Waals surface area contributed by atoms with E-state index in [1.54, 1.807) is 32.9 Å². The second kappa shape index (κ2) is 12.7. The third kappa shape index (κ3) is 10.7. The Morgan fingerprint density at radius 1 is 1.10 bits per heavy atom. The van der Waals surface area contributed by atoms with E-state index < -0.39 is 23.7 Å². The van der Waals surface area contributed by atoms with Crippen molar-refractivity contribution in [1.82, 2.24) is 5.32 Å². The van der Waals surface area contributed by atoms with E-state index in [0.29, 0.717) is 5.76 Å². The van der Waals surface area contributed by atoms with Gasteiger partial charge in [-0.2, -0.15) is 0 Å². The zero-order chi connectivity index (χ0) is 22.7. The molecule has 176 valence electrons. The van der Waals surface area contributed by atoms with Crippen LogP contribution >= 0.6 is 0 Å². The Bertz CT molecular complexity index is 625. The van der Waals surface area contributed by atoms with E-state index in [1.807, 2.05) is 0 Å². The quantitative estimate of drug-likeness (QED) is 0.713. The first kappa shape index (κ1) is 25.2. The summed E-state index contributed by atoms with van der Waals surface area (Å²) in [5, 5.41) is 15.9. The van der Waals surface area contributed by atoms with Gasteiger partial charge in [0, 0.05) is 6.42 Å². The highest BCUT2D eigenvalue weighted by molar-refractivity contribution is 5.78. The predicted octanol–water partition coefficient (Wildman–Crippen LogP) is 2.68. The summed E-state index contributed by atoms with van der Waals surface area (Å²) in [6, 6.07) is 4.06. The number of nitrogens with two attached hydrogens (primary N) is 1. The van der Waals surface area contributed by atoms with Gasteiger partial charge < -0.3 is 29.7 Å². The molecule has 3 N–H and O–H groups in total. The molecule has 3 rings (SSSR count). The molecule has 1 heterocycles. The smallest absolute Gasteiger partial charge is 0.408 e. The third-order valence-corrected chi connectivity index (χ3v) is 5.80. The van der Waals surface area contributed by atoms with Crippen LogP contribution in [-0.4, -0.2) is 35.8 Å². The Labute approximate surface area is 186 Å². The van der Waals surface area contributed by atoms with Gasteiger partial charge in [0.15, 0.2) is 0 Å². The van der Waals surface area contributed by atoms with Gasteiger partial charge in [-0.1, -0.05) is 12.8 Å². The lowest BCUT2D eigenvalue weighted by Gasteiger charge is -2.27. The molecule has 2 saturated carbocycles.